The van der Waals surface area contributed by atoms with Crippen LogP contribution in [0.5, 0.6) is 0 Å². The van der Waals surface area contributed by atoms with Crippen LogP contribution in [0, 0.1) is 6.92 Å². The molecule has 6 nitrogen and oxygen atoms in total. The van der Waals surface area contributed by atoms with E-state index in [-0.39, 0.29) is 0 Å². The van der Waals surface area contributed by atoms with Gasteiger partial charge < -0.3 is 4.52 Å². The largest absolute Gasteiger partial charge is 0.333 e. The van der Waals surface area contributed by atoms with Crippen LogP contribution in [-0.2, 0) is 6.54 Å². The molecule has 3 aromatic rings. The molecule has 0 atom stereocenters. The van der Waals surface area contributed by atoms with Gasteiger partial charge in [0.25, 0.3) is 5.89 Å². The van der Waals surface area contributed by atoms with E-state index in [4.69, 9.17) is 4.52 Å². The van der Waals surface area contributed by atoms with Gasteiger partial charge in [0, 0.05) is 30.7 Å². The van der Waals surface area contributed by atoms with Crippen molar-refractivity contribution in [3.05, 3.63) is 36.4 Å². The summed E-state index contributed by atoms with van der Waals surface area (Å²) in [6, 6.07) is 3.70. The number of hydrogen-bond donors (Lipinski definition) is 0. The first kappa shape index (κ1) is 12.5. The van der Waals surface area contributed by atoms with E-state index in [0.717, 1.165) is 29.8 Å². The number of hydrogen-bond acceptors (Lipinski definition) is 5. The Kier molecular flexibility index (Phi) is 3.28. The molecular formula is C14H15N5O. The summed E-state index contributed by atoms with van der Waals surface area (Å²) >= 11 is 0. The molecule has 0 radical (unpaired) electrons. The molecule has 0 saturated carbocycles. The smallest absolute Gasteiger partial charge is 0.261 e. The molecule has 0 amide bonds. The van der Waals surface area contributed by atoms with Crippen LogP contribution in [0.3, 0.4) is 0 Å². The first-order valence-corrected chi connectivity index (χ1v) is 6.56. The molecule has 0 aliphatic carbocycles. The highest BCUT2D eigenvalue weighted by molar-refractivity contribution is 5.60. The van der Waals surface area contributed by atoms with Crippen molar-refractivity contribution in [3.63, 3.8) is 0 Å². The lowest BCUT2D eigenvalue weighted by Gasteiger charge is -1.93. The number of aromatic nitrogens is 5. The number of pyridine rings is 1. The summed E-state index contributed by atoms with van der Waals surface area (Å²) in [4.78, 5) is 8.40. The third-order valence-electron chi connectivity index (χ3n) is 2.99. The van der Waals surface area contributed by atoms with Crippen LogP contribution >= 0.6 is 0 Å². The van der Waals surface area contributed by atoms with Gasteiger partial charge in [-0.25, -0.2) is 0 Å². The predicted molar refractivity (Wildman–Crippen MR) is 73.8 cm³/mol. The first-order valence-electron chi connectivity index (χ1n) is 6.56. The van der Waals surface area contributed by atoms with Crippen molar-refractivity contribution in [2.24, 2.45) is 0 Å². The van der Waals surface area contributed by atoms with Crippen molar-refractivity contribution in [2.75, 3.05) is 0 Å². The summed E-state index contributed by atoms with van der Waals surface area (Å²) in [6.07, 6.45) is 6.39. The zero-order valence-corrected chi connectivity index (χ0v) is 11.4. The molecule has 0 aliphatic heterocycles. The molecule has 0 saturated heterocycles. The summed E-state index contributed by atoms with van der Waals surface area (Å²) in [7, 11) is 0. The molecule has 0 unspecified atom stereocenters. The van der Waals surface area contributed by atoms with E-state index in [1.165, 1.54) is 0 Å². The fourth-order valence-corrected chi connectivity index (χ4v) is 2.02. The van der Waals surface area contributed by atoms with Gasteiger partial charge in [-0.15, -0.1) is 0 Å². The summed E-state index contributed by atoms with van der Waals surface area (Å²) in [5.74, 6) is 1.06. The molecule has 0 N–H and O–H groups in total. The van der Waals surface area contributed by atoms with Gasteiger partial charge in [0.1, 0.15) is 0 Å². The van der Waals surface area contributed by atoms with Crippen LogP contribution in [0.15, 0.2) is 35.2 Å². The van der Waals surface area contributed by atoms with Gasteiger partial charge in [0.2, 0.25) is 5.82 Å². The molecule has 0 spiro atoms. The van der Waals surface area contributed by atoms with E-state index >= 15 is 0 Å². The molecular weight excluding hydrogens is 254 g/mol. The van der Waals surface area contributed by atoms with Gasteiger partial charge in [0.05, 0.1) is 11.3 Å². The highest BCUT2D eigenvalue weighted by Gasteiger charge is 2.15. The Hall–Kier alpha value is -2.50. The van der Waals surface area contributed by atoms with Crippen molar-refractivity contribution in [3.8, 4) is 22.8 Å². The second-order valence-corrected chi connectivity index (χ2v) is 4.55. The quantitative estimate of drug-likeness (QED) is 0.728. The lowest BCUT2D eigenvalue weighted by atomic mass is 10.2. The average molecular weight is 269 g/mol. The Labute approximate surface area is 116 Å². The summed E-state index contributed by atoms with van der Waals surface area (Å²) < 4.78 is 7.25. The Bertz CT molecular complexity index is 701. The van der Waals surface area contributed by atoms with Crippen molar-refractivity contribution in [1.29, 1.82) is 0 Å². The summed E-state index contributed by atoms with van der Waals surface area (Å²) in [5, 5.41) is 8.45. The third kappa shape index (κ3) is 2.32. The van der Waals surface area contributed by atoms with Crippen LogP contribution in [0.25, 0.3) is 22.8 Å². The SMILES string of the molecule is CCCn1cc(-c2nc(-c3ccncc3)no2)c(C)n1. The van der Waals surface area contributed by atoms with Crippen LogP contribution < -0.4 is 0 Å². The fraction of sp³-hybridized carbons (Fsp3) is 0.286. The van der Waals surface area contributed by atoms with E-state index < -0.39 is 0 Å². The molecule has 6 heteroatoms. The Morgan fingerprint density at radius 2 is 2.05 bits per heavy atom. The van der Waals surface area contributed by atoms with Crippen LogP contribution in [-0.4, -0.2) is 24.9 Å². The van der Waals surface area contributed by atoms with Gasteiger partial charge in [-0.1, -0.05) is 12.1 Å². The molecule has 3 aromatic heterocycles. The van der Waals surface area contributed by atoms with Crippen LogP contribution in [0.4, 0.5) is 0 Å². The lowest BCUT2D eigenvalue weighted by Crippen LogP contribution is -1.96. The van der Waals surface area contributed by atoms with Crippen LogP contribution in [0.2, 0.25) is 0 Å². The molecule has 0 aromatic carbocycles. The third-order valence-corrected chi connectivity index (χ3v) is 2.99. The Morgan fingerprint density at radius 1 is 1.25 bits per heavy atom. The van der Waals surface area contributed by atoms with Gasteiger partial charge >= 0.3 is 0 Å². The predicted octanol–water partition coefficient (Wildman–Crippen LogP) is 2.71. The molecule has 3 heterocycles. The van der Waals surface area contributed by atoms with Gasteiger partial charge in [-0.2, -0.15) is 10.1 Å². The topological polar surface area (TPSA) is 69.6 Å². The maximum atomic E-state index is 5.34. The summed E-state index contributed by atoms with van der Waals surface area (Å²) in [5.41, 5.74) is 2.66. The van der Waals surface area contributed by atoms with Crippen molar-refractivity contribution in [2.45, 2.75) is 26.8 Å². The fourth-order valence-electron chi connectivity index (χ4n) is 2.02. The van der Waals surface area contributed by atoms with Gasteiger partial charge in [-0.3, -0.25) is 9.67 Å². The zero-order chi connectivity index (χ0) is 13.9. The second kappa shape index (κ2) is 5.24. The zero-order valence-electron chi connectivity index (χ0n) is 11.4. The molecule has 3 rings (SSSR count). The minimum absolute atomic E-state index is 0.497. The van der Waals surface area contributed by atoms with Crippen LogP contribution in [0.1, 0.15) is 19.0 Å². The second-order valence-electron chi connectivity index (χ2n) is 4.55. The number of rotatable bonds is 4. The van der Waals surface area contributed by atoms with Crippen molar-refractivity contribution >= 4 is 0 Å². The van der Waals surface area contributed by atoms with Gasteiger partial charge in [-0.05, 0) is 25.5 Å². The molecule has 0 fully saturated rings. The first-order chi connectivity index (χ1) is 9.78. The maximum absolute atomic E-state index is 5.34. The van der Waals surface area contributed by atoms with E-state index in [1.54, 1.807) is 12.4 Å². The number of aryl methyl sites for hydroxylation is 2. The van der Waals surface area contributed by atoms with E-state index in [0.29, 0.717) is 11.7 Å². The average Bonchev–Trinajstić information content (AvgIpc) is 3.07. The van der Waals surface area contributed by atoms with E-state index in [2.05, 4.69) is 27.1 Å². The minimum atomic E-state index is 0.497. The molecule has 0 bridgehead atoms. The van der Waals surface area contributed by atoms with Crippen molar-refractivity contribution < 1.29 is 4.52 Å². The molecule has 0 aliphatic rings. The Morgan fingerprint density at radius 3 is 2.80 bits per heavy atom. The highest BCUT2D eigenvalue weighted by atomic mass is 16.5. The number of nitrogens with zero attached hydrogens (tertiary/aromatic N) is 5. The lowest BCUT2D eigenvalue weighted by molar-refractivity contribution is 0.432. The van der Waals surface area contributed by atoms with E-state index in [9.17, 15) is 0 Å². The van der Waals surface area contributed by atoms with Crippen molar-refractivity contribution in [1.82, 2.24) is 24.9 Å². The standard InChI is InChI=1S/C14H15N5O/c1-3-8-19-9-12(10(2)17-19)14-16-13(18-20-14)11-4-6-15-7-5-11/h4-7,9H,3,8H2,1-2H3. The van der Waals surface area contributed by atoms with Gasteiger partial charge in [0.15, 0.2) is 0 Å². The minimum Gasteiger partial charge on any atom is -0.333 e. The monoisotopic (exact) mass is 269 g/mol. The maximum Gasteiger partial charge on any atom is 0.261 e. The molecule has 20 heavy (non-hydrogen) atoms. The highest BCUT2D eigenvalue weighted by Crippen LogP contribution is 2.23. The molecule has 102 valence electrons. The summed E-state index contributed by atoms with van der Waals surface area (Å²) in [6.45, 7) is 4.94. The normalized spacial score (nSPS) is 10.9. The Balaban J connectivity index is 1.94. The van der Waals surface area contributed by atoms with E-state index in [1.807, 2.05) is 29.9 Å².